The Morgan fingerprint density at radius 2 is 2.00 bits per heavy atom. The summed E-state index contributed by atoms with van der Waals surface area (Å²) in [5, 5.41) is 3.01. The van der Waals surface area contributed by atoms with Crippen molar-refractivity contribution >= 4 is 12.0 Å². The first-order chi connectivity index (χ1) is 15.0. The van der Waals surface area contributed by atoms with Crippen molar-refractivity contribution in [3.05, 3.63) is 78.2 Å². The summed E-state index contributed by atoms with van der Waals surface area (Å²) in [6, 6.07) is 9.48. The second-order valence-corrected chi connectivity index (χ2v) is 7.23. The van der Waals surface area contributed by atoms with E-state index < -0.39 is 6.09 Å². The average molecular weight is 421 g/mol. The van der Waals surface area contributed by atoms with E-state index in [0.29, 0.717) is 30.3 Å². The van der Waals surface area contributed by atoms with Crippen molar-refractivity contribution in [1.29, 1.82) is 0 Å². The van der Waals surface area contributed by atoms with E-state index in [1.165, 1.54) is 7.11 Å². The van der Waals surface area contributed by atoms with Gasteiger partial charge < -0.3 is 19.5 Å². The van der Waals surface area contributed by atoms with Crippen LogP contribution in [0, 0.1) is 0 Å². The number of carbonyl (C=O) groups is 2. The maximum absolute atomic E-state index is 13.2. The van der Waals surface area contributed by atoms with Crippen LogP contribution < -0.4 is 5.32 Å². The molecule has 1 N–H and O–H groups in total. The summed E-state index contributed by atoms with van der Waals surface area (Å²) < 4.78 is 6.89. The molecule has 7 nitrogen and oxygen atoms in total. The summed E-state index contributed by atoms with van der Waals surface area (Å²) in [5.74, 6) is 0.421. The third-order valence-electron chi connectivity index (χ3n) is 5.25. The predicted octanol–water partition coefficient (Wildman–Crippen LogP) is 3.94. The van der Waals surface area contributed by atoms with Gasteiger partial charge in [0.15, 0.2) is 5.69 Å². The number of hydrogen-bond donors (Lipinski definition) is 1. The number of allylic oxidation sites excluding steroid dienone is 3. The molecule has 0 unspecified atom stereocenters. The van der Waals surface area contributed by atoms with Crippen LogP contribution in [0.5, 0.6) is 0 Å². The maximum atomic E-state index is 13.2. The number of nitrogens with zero attached hydrogens (tertiary/aromatic N) is 3. The molecule has 0 radical (unpaired) electrons. The standard InChI is InChI=1S/C24H28N4O3/c1-5-7-11-18(6-2)17(3)25-23(29)21-20-16-27(24(30)31-4)14-15-28(20)22(26-21)19-12-9-8-10-13-19/h5-13,17H,2,14-16H2,1,3-4H3,(H,25,29)/b7-5-,18-11+/t17-/m0/s1. The van der Waals surface area contributed by atoms with Crippen molar-refractivity contribution < 1.29 is 14.3 Å². The Labute approximate surface area is 182 Å². The molecule has 3 rings (SSSR count). The lowest BCUT2D eigenvalue weighted by Gasteiger charge is -2.28. The monoisotopic (exact) mass is 420 g/mol. The van der Waals surface area contributed by atoms with Crippen LogP contribution in [-0.4, -0.2) is 46.1 Å². The Balaban J connectivity index is 1.97. The summed E-state index contributed by atoms with van der Waals surface area (Å²) in [4.78, 5) is 31.6. The van der Waals surface area contributed by atoms with E-state index in [2.05, 4.69) is 11.9 Å². The van der Waals surface area contributed by atoms with Crippen molar-refractivity contribution in [2.45, 2.75) is 33.0 Å². The first kappa shape index (κ1) is 22.1. The maximum Gasteiger partial charge on any atom is 0.409 e. The minimum atomic E-state index is -0.420. The van der Waals surface area contributed by atoms with Crippen molar-refractivity contribution in [2.24, 2.45) is 0 Å². The molecule has 1 aromatic carbocycles. The van der Waals surface area contributed by atoms with Gasteiger partial charge in [-0.05, 0) is 19.4 Å². The number of rotatable bonds is 6. The summed E-state index contributed by atoms with van der Waals surface area (Å²) in [6.45, 7) is 8.94. The smallest absolute Gasteiger partial charge is 0.409 e. The number of ether oxygens (including phenoxy) is 1. The molecular formula is C24H28N4O3. The number of imidazole rings is 1. The van der Waals surface area contributed by atoms with Gasteiger partial charge >= 0.3 is 6.09 Å². The Hall–Kier alpha value is -3.61. The molecule has 2 aromatic rings. The second-order valence-electron chi connectivity index (χ2n) is 7.23. The molecule has 0 spiro atoms. The van der Waals surface area contributed by atoms with Crippen molar-refractivity contribution in [1.82, 2.24) is 19.8 Å². The minimum absolute atomic E-state index is 0.251. The average Bonchev–Trinajstić information content (AvgIpc) is 3.18. The Morgan fingerprint density at radius 1 is 1.26 bits per heavy atom. The summed E-state index contributed by atoms with van der Waals surface area (Å²) >= 11 is 0. The van der Waals surface area contributed by atoms with Gasteiger partial charge in [-0.2, -0.15) is 0 Å². The largest absolute Gasteiger partial charge is 0.453 e. The van der Waals surface area contributed by atoms with E-state index >= 15 is 0 Å². The lowest BCUT2D eigenvalue weighted by Crippen LogP contribution is -2.40. The van der Waals surface area contributed by atoms with Gasteiger partial charge in [0.05, 0.1) is 25.4 Å². The van der Waals surface area contributed by atoms with Gasteiger partial charge in [0, 0.05) is 18.7 Å². The number of methoxy groups -OCH3 is 1. The summed E-state index contributed by atoms with van der Waals surface area (Å²) in [7, 11) is 1.35. The fourth-order valence-electron chi connectivity index (χ4n) is 3.59. The number of amides is 2. The van der Waals surface area contributed by atoms with Crippen LogP contribution in [-0.2, 0) is 17.8 Å². The molecule has 162 valence electrons. The fraction of sp³-hybridized carbons (Fsp3) is 0.292. The Bertz CT molecular complexity index is 1020. The van der Waals surface area contributed by atoms with Gasteiger partial charge in [-0.3, -0.25) is 4.79 Å². The summed E-state index contributed by atoms with van der Waals surface area (Å²) in [6.07, 6.45) is 7.03. The lowest BCUT2D eigenvalue weighted by molar-refractivity contribution is 0.0930. The van der Waals surface area contributed by atoms with E-state index in [-0.39, 0.29) is 18.5 Å². The molecule has 2 amide bonds. The van der Waals surface area contributed by atoms with Crippen LogP contribution in [0.15, 0.2) is 66.8 Å². The van der Waals surface area contributed by atoms with Crippen LogP contribution in [0.1, 0.15) is 30.0 Å². The molecule has 1 atom stereocenters. The van der Waals surface area contributed by atoms with Gasteiger partial charge in [0.25, 0.3) is 5.91 Å². The van der Waals surface area contributed by atoms with E-state index in [1.54, 1.807) is 11.0 Å². The SMILES string of the molecule is C=C/C(=C\C=C/C)[C@H](C)NC(=O)c1nc(-c2ccccc2)n2c1CN(C(=O)OC)CC2. The molecule has 0 bridgehead atoms. The van der Waals surface area contributed by atoms with Crippen LogP contribution in [0.3, 0.4) is 0 Å². The molecule has 7 heteroatoms. The highest BCUT2D eigenvalue weighted by Crippen LogP contribution is 2.27. The Kier molecular flexibility index (Phi) is 7.07. The highest BCUT2D eigenvalue weighted by molar-refractivity contribution is 5.95. The first-order valence-corrected chi connectivity index (χ1v) is 10.2. The molecule has 0 aliphatic carbocycles. The third kappa shape index (κ3) is 4.77. The minimum Gasteiger partial charge on any atom is -0.453 e. The van der Waals surface area contributed by atoms with Gasteiger partial charge in [0.1, 0.15) is 5.82 Å². The van der Waals surface area contributed by atoms with Crippen LogP contribution in [0.4, 0.5) is 4.79 Å². The van der Waals surface area contributed by atoms with Gasteiger partial charge in [0.2, 0.25) is 0 Å². The predicted molar refractivity (Wildman–Crippen MR) is 121 cm³/mol. The van der Waals surface area contributed by atoms with Gasteiger partial charge in [-0.15, -0.1) is 0 Å². The van der Waals surface area contributed by atoms with Crippen molar-refractivity contribution in [2.75, 3.05) is 13.7 Å². The molecule has 1 aliphatic heterocycles. The molecule has 0 saturated carbocycles. The molecule has 0 saturated heterocycles. The molecular weight excluding hydrogens is 392 g/mol. The number of fused-ring (bicyclic) bond motifs is 1. The third-order valence-corrected chi connectivity index (χ3v) is 5.25. The fourth-order valence-corrected chi connectivity index (χ4v) is 3.59. The topological polar surface area (TPSA) is 76.5 Å². The van der Waals surface area contributed by atoms with Crippen LogP contribution in [0.25, 0.3) is 11.4 Å². The van der Waals surface area contributed by atoms with E-state index in [0.717, 1.165) is 11.1 Å². The quantitative estimate of drug-likeness (QED) is 0.718. The molecule has 1 aliphatic rings. The Morgan fingerprint density at radius 3 is 2.65 bits per heavy atom. The number of carbonyl (C=O) groups excluding carboxylic acids is 2. The number of hydrogen-bond acceptors (Lipinski definition) is 4. The van der Waals surface area contributed by atoms with E-state index in [1.807, 2.05) is 67.0 Å². The second kappa shape index (κ2) is 9.93. The highest BCUT2D eigenvalue weighted by atomic mass is 16.5. The first-order valence-electron chi connectivity index (χ1n) is 10.2. The van der Waals surface area contributed by atoms with Crippen molar-refractivity contribution in [3.8, 4) is 11.4 Å². The van der Waals surface area contributed by atoms with Crippen molar-refractivity contribution in [3.63, 3.8) is 0 Å². The number of benzene rings is 1. The lowest BCUT2D eigenvalue weighted by atomic mass is 10.1. The zero-order valence-electron chi connectivity index (χ0n) is 18.2. The van der Waals surface area contributed by atoms with E-state index in [9.17, 15) is 9.59 Å². The molecule has 31 heavy (non-hydrogen) atoms. The zero-order valence-corrected chi connectivity index (χ0v) is 18.2. The van der Waals surface area contributed by atoms with Gasteiger partial charge in [-0.25, -0.2) is 9.78 Å². The van der Waals surface area contributed by atoms with Crippen LogP contribution in [0.2, 0.25) is 0 Å². The van der Waals surface area contributed by atoms with E-state index in [4.69, 9.17) is 9.72 Å². The van der Waals surface area contributed by atoms with Crippen LogP contribution >= 0.6 is 0 Å². The normalized spacial score (nSPS) is 14.8. The molecule has 0 fully saturated rings. The highest BCUT2D eigenvalue weighted by Gasteiger charge is 2.30. The summed E-state index contributed by atoms with van der Waals surface area (Å²) in [5.41, 5.74) is 2.81. The zero-order chi connectivity index (χ0) is 22.4. The molecule has 1 aromatic heterocycles. The van der Waals surface area contributed by atoms with Gasteiger partial charge in [-0.1, -0.05) is 61.2 Å². The number of nitrogens with one attached hydrogen (secondary N) is 1. The molecule has 2 heterocycles. The number of aromatic nitrogens is 2.